The summed E-state index contributed by atoms with van der Waals surface area (Å²) in [5, 5.41) is 5.20. The van der Waals surface area contributed by atoms with Gasteiger partial charge in [0.25, 0.3) is 5.91 Å². The minimum Gasteiger partial charge on any atom is -0.334 e. The van der Waals surface area contributed by atoms with Gasteiger partial charge in [0, 0.05) is 19.1 Å². The molecule has 0 radical (unpaired) electrons. The van der Waals surface area contributed by atoms with Crippen molar-refractivity contribution in [3.63, 3.8) is 0 Å². The van der Waals surface area contributed by atoms with Crippen LogP contribution in [0, 0.1) is 6.92 Å². The molecule has 0 aliphatic carbocycles. The van der Waals surface area contributed by atoms with Crippen LogP contribution in [0.2, 0.25) is 10.0 Å². The normalized spacial score (nSPS) is 18.3. The van der Waals surface area contributed by atoms with Gasteiger partial charge in [-0.1, -0.05) is 29.3 Å². The summed E-state index contributed by atoms with van der Waals surface area (Å²) in [5.74, 6) is 0.461. The maximum absolute atomic E-state index is 12.6. The summed E-state index contributed by atoms with van der Waals surface area (Å²) < 4.78 is 1.50. The molecule has 1 aliphatic heterocycles. The van der Waals surface area contributed by atoms with Gasteiger partial charge in [0.1, 0.15) is 11.5 Å². The van der Waals surface area contributed by atoms with Crippen molar-refractivity contribution in [2.24, 2.45) is 5.73 Å². The van der Waals surface area contributed by atoms with E-state index >= 15 is 0 Å². The van der Waals surface area contributed by atoms with E-state index in [2.05, 4.69) is 10.1 Å². The lowest BCUT2D eigenvalue weighted by atomic mass is 10.1. The molecule has 1 aromatic heterocycles. The number of likely N-dealkylation sites (tertiary alicyclic amines) is 1. The first kappa shape index (κ1) is 16.2. The molecule has 1 fully saturated rings. The third-order valence-corrected chi connectivity index (χ3v) is 4.46. The summed E-state index contributed by atoms with van der Waals surface area (Å²) in [6, 6.07) is 5.19. The largest absolute Gasteiger partial charge is 0.334 e. The van der Waals surface area contributed by atoms with Crippen molar-refractivity contribution in [1.29, 1.82) is 0 Å². The number of halogens is 2. The van der Waals surface area contributed by atoms with E-state index < -0.39 is 0 Å². The van der Waals surface area contributed by atoms with Gasteiger partial charge in [-0.3, -0.25) is 4.79 Å². The Morgan fingerprint density at radius 1 is 1.35 bits per heavy atom. The number of nitrogens with zero attached hydrogens (tertiary/aromatic N) is 4. The predicted molar refractivity (Wildman–Crippen MR) is 89.2 cm³/mol. The lowest BCUT2D eigenvalue weighted by molar-refractivity contribution is 0.0696. The van der Waals surface area contributed by atoms with Gasteiger partial charge in [-0.25, -0.2) is 9.67 Å². The standard InChI is InChI=1S/C15H17Cl2N5O/c1-9-19-14(15(23)21-7-3-4-10(18)8-21)20-22(9)13-11(16)5-2-6-12(13)17/h2,5-6,10H,3-4,7-8,18H2,1H3. The number of aryl methyl sites for hydroxylation is 1. The SMILES string of the molecule is Cc1nc(C(=O)N2CCCC(N)C2)nn1-c1c(Cl)cccc1Cl. The Morgan fingerprint density at radius 3 is 2.70 bits per heavy atom. The first-order valence-corrected chi connectivity index (χ1v) is 8.16. The quantitative estimate of drug-likeness (QED) is 0.899. The van der Waals surface area contributed by atoms with E-state index in [0.717, 1.165) is 12.8 Å². The number of nitrogens with two attached hydrogens (primary N) is 1. The molecule has 0 bridgehead atoms. The van der Waals surface area contributed by atoms with Gasteiger partial charge in [0.2, 0.25) is 5.82 Å². The summed E-state index contributed by atoms with van der Waals surface area (Å²) in [4.78, 5) is 18.5. The molecule has 2 heterocycles. The molecule has 0 saturated carbocycles. The first-order valence-electron chi connectivity index (χ1n) is 7.40. The number of rotatable bonds is 2. The van der Waals surface area contributed by atoms with Crippen LogP contribution in [0.4, 0.5) is 0 Å². The van der Waals surface area contributed by atoms with Crippen molar-refractivity contribution in [3.8, 4) is 5.69 Å². The highest BCUT2D eigenvalue weighted by atomic mass is 35.5. The third-order valence-electron chi connectivity index (χ3n) is 3.85. The molecule has 1 aromatic carbocycles. The Morgan fingerprint density at radius 2 is 2.04 bits per heavy atom. The summed E-state index contributed by atoms with van der Waals surface area (Å²) >= 11 is 12.4. The Kier molecular flexibility index (Phi) is 4.57. The average Bonchev–Trinajstić information content (AvgIpc) is 2.88. The molecule has 122 valence electrons. The van der Waals surface area contributed by atoms with Crippen molar-refractivity contribution < 1.29 is 4.79 Å². The van der Waals surface area contributed by atoms with E-state index in [1.54, 1.807) is 30.0 Å². The number of aromatic nitrogens is 3. The molecule has 1 atom stereocenters. The molecule has 23 heavy (non-hydrogen) atoms. The number of carbonyl (C=O) groups is 1. The van der Waals surface area contributed by atoms with Gasteiger partial charge in [-0.15, -0.1) is 5.10 Å². The maximum Gasteiger partial charge on any atom is 0.293 e. The zero-order valence-electron chi connectivity index (χ0n) is 12.7. The highest BCUT2D eigenvalue weighted by molar-refractivity contribution is 6.37. The zero-order chi connectivity index (χ0) is 16.6. The van der Waals surface area contributed by atoms with Crippen molar-refractivity contribution in [1.82, 2.24) is 19.7 Å². The third kappa shape index (κ3) is 3.20. The average molecular weight is 354 g/mol. The summed E-state index contributed by atoms with van der Waals surface area (Å²) in [7, 11) is 0. The van der Waals surface area contributed by atoms with Crippen LogP contribution in [0.3, 0.4) is 0 Å². The molecule has 1 unspecified atom stereocenters. The minimum atomic E-state index is -0.217. The smallest absolute Gasteiger partial charge is 0.293 e. The molecule has 1 saturated heterocycles. The number of hydrogen-bond donors (Lipinski definition) is 1. The second kappa shape index (κ2) is 6.47. The van der Waals surface area contributed by atoms with E-state index in [4.69, 9.17) is 28.9 Å². The topological polar surface area (TPSA) is 77.0 Å². The lowest BCUT2D eigenvalue weighted by Crippen LogP contribution is -2.46. The molecule has 3 rings (SSSR count). The molecule has 2 N–H and O–H groups in total. The molecule has 1 aliphatic rings. The predicted octanol–water partition coefficient (Wildman–Crippen LogP) is 2.45. The minimum absolute atomic E-state index is 0.00824. The Bertz CT molecular complexity index is 725. The van der Waals surface area contributed by atoms with Crippen molar-refractivity contribution in [2.75, 3.05) is 13.1 Å². The van der Waals surface area contributed by atoms with Crippen molar-refractivity contribution >= 4 is 29.1 Å². The van der Waals surface area contributed by atoms with Gasteiger partial charge in [0.05, 0.1) is 10.0 Å². The molecular weight excluding hydrogens is 337 g/mol. The number of benzene rings is 1. The van der Waals surface area contributed by atoms with E-state index in [1.807, 2.05) is 0 Å². The molecule has 1 amide bonds. The first-order chi connectivity index (χ1) is 11.0. The second-order valence-corrected chi connectivity index (χ2v) is 6.43. The van der Waals surface area contributed by atoms with Gasteiger partial charge in [-0.05, 0) is 31.9 Å². The summed E-state index contributed by atoms with van der Waals surface area (Å²) in [6.07, 6.45) is 1.82. The number of piperidine rings is 1. The van der Waals surface area contributed by atoms with Gasteiger partial charge in [0.15, 0.2) is 0 Å². The highest BCUT2D eigenvalue weighted by Gasteiger charge is 2.26. The zero-order valence-corrected chi connectivity index (χ0v) is 14.2. The van der Waals surface area contributed by atoms with E-state index in [-0.39, 0.29) is 17.8 Å². The van der Waals surface area contributed by atoms with Crippen LogP contribution in [0.1, 0.15) is 29.3 Å². The van der Waals surface area contributed by atoms with Crippen LogP contribution in [0.25, 0.3) is 5.69 Å². The van der Waals surface area contributed by atoms with E-state index in [0.29, 0.717) is 34.6 Å². The molecule has 0 spiro atoms. The summed E-state index contributed by atoms with van der Waals surface area (Å²) in [5.41, 5.74) is 6.46. The fourth-order valence-electron chi connectivity index (χ4n) is 2.72. The fraction of sp³-hybridized carbons (Fsp3) is 0.400. The van der Waals surface area contributed by atoms with Crippen LogP contribution in [0.15, 0.2) is 18.2 Å². The molecular formula is C15H17Cl2N5O. The monoisotopic (exact) mass is 353 g/mol. The summed E-state index contributed by atoms with van der Waals surface area (Å²) in [6.45, 7) is 2.96. The van der Waals surface area contributed by atoms with Crippen LogP contribution in [0.5, 0.6) is 0 Å². The number of amides is 1. The fourth-order valence-corrected chi connectivity index (χ4v) is 3.28. The van der Waals surface area contributed by atoms with Crippen LogP contribution < -0.4 is 5.73 Å². The van der Waals surface area contributed by atoms with Crippen LogP contribution in [-0.2, 0) is 0 Å². The van der Waals surface area contributed by atoms with Crippen molar-refractivity contribution in [2.45, 2.75) is 25.8 Å². The second-order valence-electron chi connectivity index (χ2n) is 5.62. The Hall–Kier alpha value is -1.63. The molecule has 8 heteroatoms. The van der Waals surface area contributed by atoms with Gasteiger partial charge in [-0.2, -0.15) is 0 Å². The lowest BCUT2D eigenvalue weighted by Gasteiger charge is -2.29. The highest BCUT2D eigenvalue weighted by Crippen LogP contribution is 2.28. The molecule has 2 aromatic rings. The Labute approximate surface area is 144 Å². The van der Waals surface area contributed by atoms with Crippen molar-refractivity contribution in [3.05, 3.63) is 39.9 Å². The van der Waals surface area contributed by atoms with E-state index in [9.17, 15) is 4.79 Å². The maximum atomic E-state index is 12.6. The number of para-hydroxylation sites is 1. The van der Waals surface area contributed by atoms with E-state index in [1.165, 1.54) is 4.68 Å². The van der Waals surface area contributed by atoms with Crippen LogP contribution in [-0.4, -0.2) is 44.7 Å². The van der Waals surface area contributed by atoms with Gasteiger partial charge >= 0.3 is 0 Å². The number of hydrogen-bond acceptors (Lipinski definition) is 4. The van der Waals surface area contributed by atoms with Crippen LogP contribution >= 0.6 is 23.2 Å². The Balaban J connectivity index is 1.93. The number of carbonyl (C=O) groups excluding carboxylic acids is 1. The van der Waals surface area contributed by atoms with Gasteiger partial charge < -0.3 is 10.6 Å². The molecule has 6 nitrogen and oxygen atoms in total.